The summed E-state index contributed by atoms with van der Waals surface area (Å²) in [5.41, 5.74) is 0.0263. The van der Waals surface area contributed by atoms with Crippen LogP contribution in [0.5, 0.6) is 0 Å². The first kappa shape index (κ1) is 20.9. The average molecular weight is 428 g/mol. The zero-order valence-corrected chi connectivity index (χ0v) is 16.4. The van der Waals surface area contributed by atoms with Gasteiger partial charge in [0.15, 0.2) is 0 Å². The molecular weight excluding hydrogens is 413 g/mol. The largest absolute Gasteiger partial charge is 0.320 e. The number of hydrogen-bond donors (Lipinski definition) is 2. The number of carbonyl (C=O) groups excluding carboxylic acids is 2. The van der Waals surface area contributed by atoms with E-state index in [4.69, 9.17) is 11.6 Å². The Kier molecular flexibility index (Phi) is 6.08. The van der Waals surface area contributed by atoms with Gasteiger partial charge in [0.1, 0.15) is 5.82 Å². The molecule has 0 saturated heterocycles. The highest BCUT2D eigenvalue weighted by atomic mass is 35.5. The van der Waals surface area contributed by atoms with Gasteiger partial charge >= 0.3 is 0 Å². The van der Waals surface area contributed by atoms with E-state index in [9.17, 15) is 24.1 Å². The second kappa shape index (κ2) is 8.71. The maximum atomic E-state index is 14.0. The summed E-state index contributed by atoms with van der Waals surface area (Å²) < 4.78 is 14.0. The summed E-state index contributed by atoms with van der Waals surface area (Å²) in [5.74, 6) is -2.05. The van der Waals surface area contributed by atoms with Crippen molar-refractivity contribution in [3.8, 4) is 0 Å². The van der Waals surface area contributed by atoms with Crippen molar-refractivity contribution in [2.45, 2.75) is 6.92 Å². The van der Waals surface area contributed by atoms with Crippen LogP contribution in [0.15, 0.2) is 60.7 Å². The van der Waals surface area contributed by atoms with Crippen molar-refractivity contribution in [2.24, 2.45) is 0 Å². The van der Waals surface area contributed by atoms with Crippen LogP contribution < -0.4 is 10.6 Å². The average Bonchev–Trinajstić information content (AvgIpc) is 2.71. The number of nitro benzene ring substituents is 1. The smallest absolute Gasteiger partial charge is 0.276 e. The Balaban J connectivity index is 1.84. The first-order valence-corrected chi connectivity index (χ1v) is 9.06. The number of benzene rings is 3. The predicted octanol–water partition coefficient (Wildman–Crippen LogP) is 5.20. The Morgan fingerprint density at radius 1 is 0.933 bits per heavy atom. The molecule has 2 N–H and O–H groups in total. The number of para-hydroxylation sites is 2. The fourth-order valence-corrected chi connectivity index (χ4v) is 2.80. The van der Waals surface area contributed by atoms with Gasteiger partial charge in [0.25, 0.3) is 17.5 Å². The Morgan fingerprint density at radius 3 is 2.00 bits per heavy atom. The van der Waals surface area contributed by atoms with Gasteiger partial charge in [-0.1, -0.05) is 23.7 Å². The molecule has 3 rings (SSSR count). The van der Waals surface area contributed by atoms with Crippen LogP contribution in [-0.2, 0) is 0 Å². The highest BCUT2D eigenvalue weighted by Gasteiger charge is 2.20. The molecule has 0 spiro atoms. The third kappa shape index (κ3) is 4.61. The molecule has 7 nitrogen and oxygen atoms in total. The molecule has 30 heavy (non-hydrogen) atoms. The van der Waals surface area contributed by atoms with Gasteiger partial charge in [0, 0.05) is 22.2 Å². The maximum absolute atomic E-state index is 14.0. The van der Waals surface area contributed by atoms with E-state index in [0.29, 0.717) is 16.3 Å². The molecular formula is C21H15ClFN3O4. The third-order valence-corrected chi connectivity index (χ3v) is 4.56. The van der Waals surface area contributed by atoms with Gasteiger partial charge in [-0.25, -0.2) is 4.39 Å². The lowest BCUT2D eigenvalue weighted by atomic mass is 10.1. The topological polar surface area (TPSA) is 101 Å². The number of halogens is 2. The molecule has 0 aliphatic heterocycles. The van der Waals surface area contributed by atoms with E-state index in [1.807, 2.05) is 0 Å². The van der Waals surface area contributed by atoms with Crippen molar-refractivity contribution >= 4 is 40.5 Å². The molecule has 0 fully saturated rings. The summed E-state index contributed by atoms with van der Waals surface area (Å²) >= 11 is 5.82. The third-order valence-electron chi connectivity index (χ3n) is 4.31. The van der Waals surface area contributed by atoms with Crippen LogP contribution in [0.3, 0.4) is 0 Å². The number of nitrogens with zero attached hydrogens (tertiary/aromatic N) is 1. The minimum Gasteiger partial charge on any atom is -0.320 e. The van der Waals surface area contributed by atoms with Crippen LogP contribution in [0.2, 0.25) is 5.02 Å². The van der Waals surface area contributed by atoms with Crippen molar-refractivity contribution in [1.29, 1.82) is 0 Å². The number of rotatable bonds is 5. The van der Waals surface area contributed by atoms with E-state index in [-0.39, 0.29) is 16.8 Å². The fraction of sp³-hybridized carbons (Fsp3) is 0.0476. The number of amides is 2. The molecule has 0 saturated carbocycles. The molecule has 2 amide bonds. The highest BCUT2D eigenvalue weighted by molar-refractivity contribution is 6.30. The minimum absolute atomic E-state index is 0.160. The maximum Gasteiger partial charge on any atom is 0.276 e. The van der Waals surface area contributed by atoms with E-state index in [2.05, 4.69) is 10.6 Å². The first-order valence-electron chi connectivity index (χ1n) is 8.68. The summed E-state index contributed by atoms with van der Waals surface area (Å²) in [5, 5.41) is 16.8. The summed E-state index contributed by atoms with van der Waals surface area (Å²) in [6.07, 6.45) is 0. The van der Waals surface area contributed by atoms with Crippen LogP contribution in [0.1, 0.15) is 26.3 Å². The van der Waals surface area contributed by atoms with E-state index in [1.165, 1.54) is 13.0 Å². The Labute approximate surface area is 175 Å². The molecule has 9 heteroatoms. The lowest BCUT2D eigenvalue weighted by molar-refractivity contribution is -0.385. The summed E-state index contributed by atoms with van der Waals surface area (Å²) in [4.78, 5) is 35.3. The van der Waals surface area contributed by atoms with Gasteiger partial charge in [-0.05, 0) is 49.4 Å². The second-order valence-corrected chi connectivity index (χ2v) is 6.76. The van der Waals surface area contributed by atoms with Crippen LogP contribution in [0.4, 0.5) is 21.5 Å². The van der Waals surface area contributed by atoms with Crippen molar-refractivity contribution in [3.63, 3.8) is 0 Å². The lowest BCUT2D eigenvalue weighted by Crippen LogP contribution is -2.17. The van der Waals surface area contributed by atoms with Gasteiger partial charge in [-0.3, -0.25) is 19.7 Å². The lowest BCUT2D eigenvalue weighted by Gasteiger charge is -2.13. The molecule has 0 atom stereocenters. The zero-order chi connectivity index (χ0) is 21.8. The van der Waals surface area contributed by atoms with Crippen LogP contribution in [0, 0.1) is 22.9 Å². The van der Waals surface area contributed by atoms with Crippen molar-refractivity contribution in [3.05, 3.63) is 98.3 Å². The zero-order valence-electron chi connectivity index (χ0n) is 15.6. The van der Waals surface area contributed by atoms with Crippen molar-refractivity contribution < 1.29 is 18.9 Å². The number of anilines is 2. The Bertz CT molecular complexity index is 1150. The van der Waals surface area contributed by atoms with Gasteiger partial charge in [0.05, 0.1) is 21.9 Å². The van der Waals surface area contributed by atoms with E-state index in [1.54, 1.807) is 42.5 Å². The van der Waals surface area contributed by atoms with Crippen LogP contribution >= 0.6 is 11.6 Å². The molecule has 0 bridgehead atoms. The molecule has 0 heterocycles. The van der Waals surface area contributed by atoms with Gasteiger partial charge in [-0.2, -0.15) is 0 Å². The number of hydrogen-bond acceptors (Lipinski definition) is 4. The number of carbonyl (C=O) groups is 2. The number of nitrogens with one attached hydrogen (secondary N) is 2. The quantitative estimate of drug-likeness (QED) is 0.431. The van der Waals surface area contributed by atoms with Crippen LogP contribution in [0.25, 0.3) is 0 Å². The summed E-state index contributed by atoms with van der Waals surface area (Å²) in [6, 6.07) is 14.6. The Morgan fingerprint density at radius 2 is 1.47 bits per heavy atom. The second-order valence-electron chi connectivity index (χ2n) is 6.32. The van der Waals surface area contributed by atoms with E-state index < -0.39 is 28.2 Å². The van der Waals surface area contributed by atoms with Crippen LogP contribution in [-0.4, -0.2) is 16.7 Å². The van der Waals surface area contributed by atoms with Crippen molar-refractivity contribution in [2.75, 3.05) is 10.6 Å². The molecule has 0 unspecified atom stereocenters. The molecule has 0 aliphatic carbocycles. The fourth-order valence-electron chi connectivity index (χ4n) is 2.68. The monoisotopic (exact) mass is 427 g/mol. The molecule has 3 aromatic carbocycles. The highest BCUT2D eigenvalue weighted by Crippen LogP contribution is 2.26. The Hall–Kier alpha value is -3.78. The van der Waals surface area contributed by atoms with Gasteiger partial charge in [-0.15, -0.1) is 0 Å². The molecule has 0 aliphatic rings. The standard InChI is InChI=1S/C21H15ClFN3O4/c1-12-16(23)10-14(11-19(12)26(29)30)21(28)25-18-5-3-2-4-17(18)24-20(27)13-6-8-15(22)9-7-13/h2-11H,1H3,(H,24,27)(H,25,28). The summed E-state index contributed by atoms with van der Waals surface area (Å²) in [7, 11) is 0. The van der Waals surface area contributed by atoms with Crippen molar-refractivity contribution in [1.82, 2.24) is 0 Å². The predicted molar refractivity (Wildman–Crippen MR) is 112 cm³/mol. The van der Waals surface area contributed by atoms with Gasteiger partial charge < -0.3 is 10.6 Å². The summed E-state index contributed by atoms with van der Waals surface area (Å²) in [6.45, 7) is 1.26. The van der Waals surface area contributed by atoms with E-state index >= 15 is 0 Å². The molecule has 152 valence electrons. The molecule has 0 radical (unpaired) electrons. The first-order chi connectivity index (χ1) is 14.3. The minimum atomic E-state index is -0.862. The normalized spacial score (nSPS) is 10.4. The number of nitro groups is 1. The molecule has 0 aromatic heterocycles. The van der Waals surface area contributed by atoms with Gasteiger partial charge in [0.2, 0.25) is 0 Å². The molecule has 3 aromatic rings. The van der Waals surface area contributed by atoms with E-state index in [0.717, 1.165) is 12.1 Å². The SMILES string of the molecule is Cc1c(F)cc(C(=O)Nc2ccccc2NC(=O)c2ccc(Cl)cc2)cc1[N+](=O)[O-].